The van der Waals surface area contributed by atoms with Crippen molar-refractivity contribution in [1.82, 2.24) is 0 Å². The van der Waals surface area contributed by atoms with Gasteiger partial charge in [-0.15, -0.1) is 0 Å². The van der Waals surface area contributed by atoms with Crippen LogP contribution < -0.4 is 9.64 Å². The zero-order valence-corrected chi connectivity index (χ0v) is 10.8. The van der Waals surface area contributed by atoms with Gasteiger partial charge in [-0.1, -0.05) is 6.92 Å². The molecule has 1 aromatic carbocycles. The molecule has 1 unspecified atom stereocenters. The third-order valence-electron chi connectivity index (χ3n) is 3.45. The van der Waals surface area contributed by atoms with Gasteiger partial charge < -0.3 is 9.64 Å². The van der Waals surface area contributed by atoms with Gasteiger partial charge in [-0.2, -0.15) is 0 Å². The summed E-state index contributed by atoms with van der Waals surface area (Å²) in [5.41, 5.74) is 0.629. The van der Waals surface area contributed by atoms with Crippen LogP contribution in [0.15, 0.2) is 18.2 Å². The molecule has 1 heterocycles. The number of halogens is 1. The van der Waals surface area contributed by atoms with Crippen LogP contribution in [0.25, 0.3) is 0 Å². The third kappa shape index (κ3) is 2.33. The van der Waals surface area contributed by atoms with Crippen LogP contribution in [-0.4, -0.2) is 19.1 Å². The second kappa shape index (κ2) is 5.38. The summed E-state index contributed by atoms with van der Waals surface area (Å²) in [5.74, 6) is -0.142. The molecule has 4 heteroatoms. The molecule has 3 nitrogen and oxygen atoms in total. The van der Waals surface area contributed by atoms with Crippen molar-refractivity contribution in [3.05, 3.63) is 24.0 Å². The van der Waals surface area contributed by atoms with E-state index in [2.05, 4.69) is 6.92 Å². The van der Waals surface area contributed by atoms with E-state index in [4.69, 9.17) is 4.74 Å². The van der Waals surface area contributed by atoms with Crippen LogP contribution in [0.5, 0.6) is 5.75 Å². The quantitative estimate of drug-likeness (QED) is 0.826. The Hall–Kier alpha value is -1.58. The van der Waals surface area contributed by atoms with Gasteiger partial charge in [0.2, 0.25) is 5.91 Å². The van der Waals surface area contributed by atoms with Gasteiger partial charge >= 0.3 is 0 Å². The number of carbonyl (C=O) groups excluding carboxylic acids is 1. The lowest BCUT2D eigenvalue weighted by Gasteiger charge is -2.35. The van der Waals surface area contributed by atoms with E-state index in [1.807, 2.05) is 0 Å². The maximum atomic E-state index is 13.7. The Morgan fingerprint density at radius 2 is 2.28 bits per heavy atom. The van der Waals surface area contributed by atoms with Crippen LogP contribution in [0.3, 0.4) is 0 Å². The number of hydrogen-bond acceptors (Lipinski definition) is 2. The van der Waals surface area contributed by atoms with Gasteiger partial charge in [0.05, 0.1) is 7.11 Å². The van der Waals surface area contributed by atoms with E-state index in [0.29, 0.717) is 12.1 Å². The highest BCUT2D eigenvalue weighted by molar-refractivity contribution is 5.94. The Morgan fingerprint density at radius 3 is 2.89 bits per heavy atom. The first-order valence-corrected chi connectivity index (χ1v) is 6.33. The number of carbonyl (C=O) groups is 1. The van der Waals surface area contributed by atoms with Crippen molar-refractivity contribution in [1.29, 1.82) is 0 Å². The normalized spacial score (nSPS) is 20.1. The van der Waals surface area contributed by atoms with Gasteiger partial charge in [-0.3, -0.25) is 4.79 Å². The maximum absolute atomic E-state index is 13.7. The molecule has 0 saturated carbocycles. The predicted molar refractivity (Wildman–Crippen MR) is 68.4 cm³/mol. The van der Waals surface area contributed by atoms with Crippen molar-refractivity contribution in [2.45, 2.75) is 38.6 Å². The molecule has 18 heavy (non-hydrogen) atoms. The Bertz CT molecular complexity index is 447. The zero-order chi connectivity index (χ0) is 13.1. The van der Waals surface area contributed by atoms with E-state index in [0.717, 1.165) is 19.3 Å². The van der Waals surface area contributed by atoms with E-state index in [1.165, 1.54) is 13.2 Å². The van der Waals surface area contributed by atoms with E-state index < -0.39 is 5.82 Å². The topological polar surface area (TPSA) is 29.5 Å². The molecule has 98 valence electrons. The van der Waals surface area contributed by atoms with Gasteiger partial charge in [-0.05, 0) is 31.4 Å². The van der Waals surface area contributed by atoms with Crippen LogP contribution in [0.1, 0.15) is 32.6 Å². The number of piperidine rings is 1. The van der Waals surface area contributed by atoms with E-state index >= 15 is 0 Å². The van der Waals surface area contributed by atoms with Crippen molar-refractivity contribution in [3.8, 4) is 5.75 Å². The van der Waals surface area contributed by atoms with Gasteiger partial charge in [0.1, 0.15) is 0 Å². The smallest absolute Gasteiger partial charge is 0.227 e. The molecular formula is C14H18FNO2. The summed E-state index contributed by atoms with van der Waals surface area (Å²) >= 11 is 0. The van der Waals surface area contributed by atoms with Crippen LogP contribution in [-0.2, 0) is 4.79 Å². The summed E-state index contributed by atoms with van der Waals surface area (Å²) < 4.78 is 18.6. The fourth-order valence-corrected chi connectivity index (χ4v) is 2.49. The summed E-state index contributed by atoms with van der Waals surface area (Å²) in [5, 5.41) is 0. The minimum Gasteiger partial charge on any atom is -0.494 e. The number of benzene rings is 1. The SMILES string of the molecule is CCC1CCCC(=O)N1c1ccc(OC)c(F)c1. The van der Waals surface area contributed by atoms with Crippen LogP contribution in [0.2, 0.25) is 0 Å². The van der Waals surface area contributed by atoms with Gasteiger partial charge in [0, 0.05) is 24.2 Å². The number of nitrogens with zero attached hydrogens (tertiary/aromatic N) is 1. The monoisotopic (exact) mass is 251 g/mol. The molecule has 0 N–H and O–H groups in total. The number of amides is 1. The summed E-state index contributed by atoms with van der Waals surface area (Å²) in [6, 6.07) is 4.87. The van der Waals surface area contributed by atoms with Crippen molar-refractivity contribution < 1.29 is 13.9 Å². The first-order valence-electron chi connectivity index (χ1n) is 6.33. The molecule has 1 aromatic rings. The molecule has 0 aliphatic carbocycles. The number of ether oxygens (including phenoxy) is 1. The number of rotatable bonds is 3. The molecule has 1 saturated heterocycles. The summed E-state index contributed by atoms with van der Waals surface area (Å²) in [7, 11) is 1.43. The molecule has 0 radical (unpaired) electrons. The summed E-state index contributed by atoms with van der Waals surface area (Å²) in [4.78, 5) is 13.7. The number of methoxy groups -OCH3 is 1. The van der Waals surface area contributed by atoms with E-state index in [9.17, 15) is 9.18 Å². The molecule has 0 bridgehead atoms. The summed E-state index contributed by atoms with van der Waals surface area (Å²) in [6.07, 6.45) is 3.34. The minimum absolute atomic E-state index is 0.0812. The average molecular weight is 251 g/mol. The Balaban J connectivity index is 2.33. The minimum atomic E-state index is -0.428. The highest BCUT2D eigenvalue weighted by Crippen LogP contribution is 2.30. The molecule has 2 rings (SSSR count). The van der Waals surface area contributed by atoms with Crippen LogP contribution >= 0.6 is 0 Å². The van der Waals surface area contributed by atoms with Crippen molar-refractivity contribution in [3.63, 3.8) is 0 Å². The largest absolute Gasteiger partial charge is 0.494 e. The molecule has 0 spiro atoms. The van der Waals surface area contributed by atoms with E-state index in [-0.39, 0.29) is 17.7 Å². The Labute approximate surface area is 107 Å². The number of anilines is 1. The van der Waals surface area contributed by atoms with E-state index in [1.54, 1.807) is 17.0 Å². The molecular weight excluding hydrogens is 233 g/mol. The van der Waals surface area contributed by atoms with Crippen LogP contribution in [0.4, 0.5) is 10.1 Å². The van der Waals surface area contributed by atoms with Crippen molar-refractivity contribution in [2.75, 3.05) is 12.0 Å². The number of hydrogen-bond donors (Lipinski definition) is 0. The van der Waals surface area contributed by atoms with Crippen molar-refractivity contribution in [2.24, 2.45) is 0 Å². The molecule has 1 aliphatic heterocycles. The third-order valence-corrected chi connectivity index (χ3v) is 3.45. The average Bonchev–Trinajstić information content (AvgIpc) is 2.38. The highest BCUT2D eigenvalue weighted by Gasteiger charge is 2.28. The molecule has 1 atom stereocenters. The lowest BCUT2D eigenvalue weighted by Crippen LogP contribution is -2.43. The standard InChI is InChI=1S/C14H18FNO2/c1-3-10-5-4-6-14(17)16(10)11-7-8-13(18-2)12(15)9-11/h7-10H,3-6H2,1-2H3. The zero-order valence-electron chi connectivity index (χ0n) is 10.8. The summed E-state index contributed by atoms with van der Waals surface area (Å²) in [6.45, 7) is 2.05. The molecule has 0 aromatic heterocycles. The predicted octanol–water partition coefficient (Wildman–Crippen LogP) is 3.13. The van der Waals surface area contributed by atoms with Crippen LogP contribution in [0, 0.1) is 5.82 Å². The maximum Gasteiger partial charge on any atom is 0.227 e. The second-order valence-corrected chi connectivity index (χ2v) is 4.54. The van der Waals surface area contributed by atoms with Gasteiger partial charge in [0.25, 0.3) is 0 Å². The fraction of sp³-hybridized carbons (Fsp3) is 0.500. The molecule has 1 amide bonds. The van der Waals surface area contributed by atoms with Crippen molar-refractivity contribution >= 4 is 11.6 Å². The highest BCUT2D eigenvalue weighted by atomic mass is 19.1. The van der Waals surface area contributed by atoms with Gasteiger partial charge in [-0.25, -0.2) is 4.39 Å². The molecule has 1 fully saturated rings. The second-order valence-electron chi connectivity index (χ2n) is 4.54. The molecule has 1 aliphatic rings. The lowest BCUT2D eigenvalue weighted by molar-refractivity contribution is -0.120. The lowest BCUT2D eigenvalue weighted by atomic mass is 9.98. The first kappa shape index (κ1) is 12.9. The Morgan fingerprint density at radius 1 is 1.50 bits per heavy atom. The Kier molecular flexibility index (Phi) is 3.84. The first-order chi connectivity index (χ1) is 8.67. The fourth-order valence-electron chi connectivity index (χ4n) is 2.49. The van der Waals surface area contributed by atoms with Gasteiger partial charge in [0.15, 0.2) is 11.6 Å².